The molecule has 1 nitrogen and oxygen atoms in total. The molecule has 1 aliphatic heterocycles. The second kappa shape index (κ2) is 14.9. The largest absolute Gasteiger partial charge is 2.00 e. The molecule has 1 aliphatic rings. The Bertz CT molecular complexity index is 297. The zero-order valence-electron chi connectivity index (χ0n) is 10.7. The number of hydrogen-bond acceptors (Lipinski definition) is 1. The van der Waals surface area contributed by atoms with E-state index in [0.29, 0.717) is 6.61 Å². The first-order valence-corrected chi connectivity index (χ1v) is 3.35. The van der Waals surface area contributed by atoms with Crippen LogP contribution in [0.3, 0.4) is 0 Å². The predicted molar refractivity (Wildman–Crippen MR) is 54.7 cm³/mol. The summed E-state index contributed by atoms with van der Waals surface area (Å²) in [7, 11) is 0. The van der Waals surface area contributed by atoms with Crippen molar-refractivity contribution in [1.82, 2.24) is 0 Å². The summed E-state index contributed by atoms with van der Waals surface area (Å²) in [6.45, 7) is 0.705. The van der Waals surface area contributed by atoms with Crippen molar-refractivity contribution in [2.24, 2.45) is 0 Å². The number of hydrogen-bond donors (Lipinski definition) is 0. The van der Waals surface area contributed by atoms with Gasteiger partial charge in [-0.3, -0.25) is 0 Å². The first-order valence-electron chi connectivity index (χ1n) is 3.35. The average molecular weight is 482 g/mol. The van der Waals surface area contributed by atoms with Crippen molar-refractivity contribution < 1.29 is 71.4 Å². The van der Waals surface area contributed by atoms with Crippen LogP contribution in [0.5, 0.6) is 5.75 Å². The van der Waals surface area contributed by atoms with Crippen LogP contribution in [0.2, 0.25) is 0 Å². The first-order chi connectivity index (χ1) is 4.97. The van der Waals surface area contributed by atoms with Crippen molar-refractivity contribution in [2.45, 2.75) is 0 Å². The molecule has 4 radical (unpaired) electrons. The molecule has 1 aromatic carbocycles. The van der Waals surface area contributed by atoms with E-state index < -0.39 is 0 Å². The number of para-hydroxylation sites is 1. The Kier molecular flexibility index (Phi) is 26.2. The molecular weight excluding hydrogens is 471 g/mol. The summed E-state index contributed by atoms with van der Waals surface area (Å²) in [5, 5.41) is 0. The van der Waals surface area contributed by atoms with Crippen LogP contribution in [0.1, 0.15) is 8.42 Å². The standard InChI is InChI=1S/C9H8O.Al.Cd.Mn.Sr.Zn.2H/c1-2-6-9-8(4-1)5-3-7-10-9;;;;;;;/h1-6H,7H2;;;;;;;/q;;;;+2;;2*-1. The number of fused-ring (bicyclic) bond motifs is 1. The van der Waals surface area contributed by atoms with Crippen LogP contribution in [0.4, 0.5) is 0 Å². The van der Waals surface area contributed by atoms with Crippen LogP contribution < -0.4 is 4.74 Å². The summed E-state index contributed by atoms with van der Waals surface area (Å²) >= 11 is 0. The van der Waals surface area contributed by atoms with Crippen molar-refractivity contribution in [1.29, 1.82) is 0 Å². The van der Waals surface area contributed by atoms with Gasteiger partial charge in [0.2, 0.25) is 0 Å². The van der Waals surface area contributed by atoms with E-state index in [1.54, 1.807) is 0 Å². The smallest absolute Gasteiger partial charge is 1.00 e. The van der Waals surface area contributed by atoms with E-state index in [0.717, 1.165) is 5.75 Å². The normalized spacial score (nSPS) is 9.33. The van der Waals surface area contributed by atoms with Gasteiger partial charge >= 0.3 is 45.5 Å². The van der Waals surface area contributed by atoms with E-state index in [-0.39, 0.29) is 130 Å². The van der Waals surface area contributed by atoms with Crippen LogP contribution in [0.25, 0.3) is 6.08 Å². The van der Waals surface area contributed by atoms with Crippen molar-refractivity contribution in [2.75, 3.05) is 6.61 Å². The third-order valence-electron chi connectivity index (χ3n) is 1.55. The fraction of sp³-hybridized carbons (Fsp3) is 0.111. The molecule has 2 rings (SSSR count). The molecule has 0 fully saturated rings. The van der Waals surface area contributed by atoms with Crippen LogP contribution in [0.15, 0.2) is 30.3 Å². The average Bonchev–Trinajstić information content (AvgIpc) is 2.05. The summed E-state index contributed by atoms with van der Waals surface area (Å²) in [6.07, 6.45) is 4.10. The van der Waals surface area contributed by atoms with Gasteiger partial charge in [-0.1, -0.05) is 24.3 Å². The predicted octanol–water partition coefficient (Wildman–Crippen LogP) is 1.55. The molecule has 0 bridgehead atoms. The fourth-order valence-electron chi connectivity index (χ4n) is 1.06. The van der Waals surface area contributed by atoms with Crippen LogP contribution in [-0.4, -0.2) is 69.4 Å². The number of benzene rings is 1. The summed E-state index contributed by atoms with van der Waals surface area (Å²) in [4.78, 5) is 0. The molecule has 0 N–H and O–H groups in total. The Hall–Kier alpha value is 2.84. The Balaban J connectivity index is -0.0000000432. The van der Waals surface area contributed by atoms with Crippen molar-refractivity contribution in [3.63, 3.8) is 0 Å². The zero-order valence-corrected chi connectivity index (χ0v) is 21.5. The molecule has 1 aromatic rings. The van der Waals surface area contributed by atoms with Gasteiger partial charge in [0.05, 0.1) is 0 Å². The minimum atomic E-state index is 0. The molecule has 0 saturated heterocycles. The van der Waals surface area contributed by atoms with Crippen LogP contribution >= 0.6 is 0 Å². The topological polar surface area (TPSA) is 9.23 Å². The van der Waals surface area contributed by atoms with E-state index in [4.69, 9.17) is 4.74 Å². The van der Waals surface area contributed by atoms with Crippen molar-refractivity contribution in [3.8, 4) is 5.75 Å². The monoisotopic (exact) mass is 482 g/mol. The summed E-state index contributed by atoms with van der Waals surface area (Å²) < 4.78 is 5.34. The number of ether oxygens (including phenoxy) is 1. The van der Waals surface area contributed by atoms with Crippen LogP contribution in [0, 0.1) is 0 Å². The molecule has 6 heteroatoms. The molecule has 0 spiro atoms. The zero-order chi connectivity index (χ0) is 6.81. The number of rotatable bonds is 0. The molecule has 0 saturated carbocycles. The van der Waals surface area contributed by atoms with Crippen molar-refractivity contribution in [3.05, 3.63) is 35.9 Å². The second-order valence-electron chi connectivity index (χ2n) is 2.25. The molecule has 0 unspecified atom stereocenters. The van der Waals surface area contributed by atoms with Crippen LogP contribution in [-0.2, 0) is 63.8 Å². The van der Waals surface area contributed by atoms with E-state index in [1.807, 2.05) is 30.3 Å². The third-order valence-corrected chi connectivity index (χ3v) is 1.55. The van der Waals surface area contributed by atoms with E-state index in [9.17, 15) is 0 Å². The Morgan fingerprint density at radius 2 is 1.80 bits per heavy atom. The van der Waals surface area contributed by atoms with Gasteiger partial charge in [-0.2, -0.15) is 0 Å². The summed E-state index contributed by atoms with van der Waals surface area (Å²) in [5.74, 6) is 0.991. The Morgan fingerprint density at radius 3 is 2.40 bits per heavy atom. The summed E-state index contributed by atoms with van der Waals surface area (Å²) in [6, 6.07) is 8.03. The molecule has 68 valence electrons. The Labute approximate surface area is 185 Å². The molecule has 1 heterocycles. The molecular formula is C9H10AlCdMnOSrZn. The SMILES string of the molecule is C1=Cc2ccccc2OC1.[Al].[Cd].[H-].[H-].[Mn].[Sr+2].[Zn]. The maximum absolute atomic E-state index is 5.34. The molecule has 0 aliphatic carbocycles. The fourth-order valence-corrected chi connectivity index (χ4v) is 1.06. The maximum Gasteiger partial charge on any atom is 2.00 e. The van der Waals surface area contributed by atoms with Crippen molar-refractivity contribution >= 4 is 68.9 Å². The van der Waals surface area contributed by atoms with Gasteiger partial charge in [-0.25, -0.2) is 0 Å². The summed E-state index contributed by atoms with van der Waals surface area (Å²) in [5.41, 5.74) is 1.17. The van der Waals surface area contributed by atoms with Gasteiger partial charge in [0.1, 0.15) is 12.4 Å². The van der Waals surface area contributed by atoms with E-state index in [1.165, 1.54) is 5.56 Å². The minimum absolute atomic E-state index is 0. The first kappa shape index (κ1) is 26.4. The molecule has 0 amide bonds. The maximum atomic E-state index is 5.34. The van der Waals surface area contributed by atoms with E-state index >= 15 is 0 Å². The van der Waals surface area contributed by atoms with Gasteiger partial charge < -0.3 is 7.59 Å². The third kappa shape index (κ3) is 8.54. The quantitative estimate of drug-likeness (QED) is 0.511. The van der Waals surface area contributed by atoms with Gasteiger partial charge in [-0.05, 0) is 12.1 Å². The van der Waals surface area contributed by atoms with Gasteiger partial charge in [0.25, 0.3) is 0 Å². The van der Waals surface area contributed by atoms with Gasteiger partial charge in [0, 0.05) is 86.8 Å². The minimum Gasteiger partial charge on any atom is -1.00 e. The van der Waals surface area contributed by atoms with E-state index in [2.05, 4.69) is 6.08 Å². The Morgan fingerprint density at radius 1 is 1.20 bits per heavy atom. The van der Waals surface area contributed by atoms with Gasteiger partial charge in [-0.15, -0.1) is 0 Å². The second-order valence-corrected chi connectivity index (χ2v) is 2.25. The molecule has 0 aromatic heterocycles. The molecule has 0 atom stereocenters. The van der Waals surface area contributed by atoms with Gasteiger partial charge in [0.15, 0.2) is 0 Å². The molecule has 15 heavy (non-hydrogen) atoms.